The molecule has 0 saturated carbocycles. The van der Waals surface area contributed by atoms with Crippen molar-refractivity contribution in [3.63, 3.8) is 0 Å². The molecule has 17 heavy (non-hydrogen) atoms. The number of benzene rings is 1. The summed E-state index contributed by atoms with van der Waals surface area (Å²) >= 11 is 0. The normalized spacial score (nSPS) is 18.0. The van der Waals surface area contributed by atoms with Gasteiger partial charge >= 0.3 is 0 Å². The van der Waals surface area contributed by atoms with Crippen LogP contribution in [0.3, 0.4) is 0 Å². The van der Waals surface area contributed by atoms with E-state index in [0.717, 1.165) is 11.4 Å². The van der Waals surface area contributed by atoms with Gasteiger partial charge in [0.2, 0.25) is 0 Å². The average molecular weight is 232 g/mol. The Bertz CT molecular complexity index is 463. The average Bonchev–Trinajstić information content (AvgIpc) is 2.21. The van der Waals surface area contributed by atoms with Gasteiger partial charge in [-0.05, 0) is 46.2 Å². The number of aryl methyl sites for hydroxylation is 1. The van der Waals surface area contributed by atoms with Crippen LogP contribution in [-0.4, -0.2) is 17.5 Å². The molecule has 1 aliphatic rings. The van der Waals surface area contributed by atoms with Crippen molar-refractivity contribution in [2.45, 2.75) is 46.2 Å². The number of anilines is 2. The molecule has 1 amide bonds. The first-order valence-corrected chi connectivity index (χ1v) is 6.06. The molecule has 1 heterocycles. The van der Waals surface area contributed by atoms with E-state index in [2.05, 4.69) is 18.3 Å². The molecule has 92 valence electrons. The number of fused-ring (bicyclic) bond motifs is 1. The van der Waals surface area contributed by atoms with Crippen molar-refractivity contribution in [1.29, 1.82) is 0 Å². The molecule has 2 rings (SSSR count). The first kappa shape index (κ1) is 12.0. The van der Waals surface area contributed by atoms with E-state index in [1.807, 2.05) is 44.7 Å². The van der Waals surface area contributed by atoms with Crippen LogP contribution in [0.2, 0.25) is 0 Å². The summed E-state index contributed by atoms with van der Waals surface area (Å²) in [6, 6.07) is 6.24. The predicted molar refractivity (Wildman–Crippen MR) is 71.5 cm³/mol. The van der Waals surface area contributed by atoms with E-state index in [1.54, 1.807) is 0 Å². The van der Waals surface area contributed by atoms with Crippen LogP contribution in [0.5, 0.6) is 0 Å². The molecule has 0 saturated heterocycles. The van der Waals surface area contributed by atoms with Crippen molar-refractivity contribution >= 4 is 17.3 Å². The third-order valence-electron chi connectivity index (χ3n) is 3.22. The molecule has 0 fully saturated rings. The van der Waals surface area contributed by atoms with Gasteiger partial charge in [0.15, 0.2) is 0 Å². The highest BCUT2D eigenvalue weighted by Gasteiger charge is 2.39. The standard InChI is InChI=1S/C14H20N2O/c1-9(2)16-11-8-6-7-10(3)12(11)15-14(4,5)13(16)17/h6-9,15H,1-5H3. The maximum atomic E-state index is 12.4. The lowest BCUT2D eigenvalue weighted by atomic mass is 9.95. The molecular formula is C14H20N2O. The number of amides is 1. The molecular weight excluding hydrogens is 212 g/mol. The summed E-state index contributed by atoms with van der Waals surface area (Å²) in [6.07, 6.45) is 0. The first-order valence-electron chi connectivity index (χ1n) is 6.06. The van der Waals surface area contributed by atoms with Crippen LogP contribution in [-0.2, 0) is 4.79 Å². The van der Waals surface area contributed by atoms with Crippen molar-refractivity contribution in [3.8, 4) is 0 Å². The van der Waals surface area contributed by atoms with Gasteiger partial charge in [-0.3, -0.25) is 4.79 Å². The minimum absolute atomic E-state index is 0.130. The SMILES string of the molecule is Cc1cccc2c1NC(C)(C)C(=O)N2C(C)C. The number of carbonyl (C=O) groups excluding carboxylic acids is 1. The number of carbonyl (C=O) groups is 1. The Morgan fingerprint density at radius 1 is 1.29 bits per heavy atom. The van der Waals surface area contributed by atoms with Crippen molar-refractivity contribution in [2.75, 3.05) is 10.2 Å². The summed E-state index contributed by atoms with van der Waals surface area (Å²) in [6.45, 7) is 10.0. The van der Waals surface area contributed by atoms with Gasteiger partial charge in [0, 0.05) is 6.04 Å². The van der Waals surface area contributed by atoms with Gasteiger partial charge in [-0.15, -0.1) is 0 Å². The number of hydrogen-bond acceptors (Lipinski definition) is 2. The fourth-order valence-electron chi connectivity index (χ4n) is 2.30. The fourth-order valence-corrected chi connectivity index (χ4v) is 2.30. The van der Waals surface area contributed by atoms with Crippen molar-refractivity contribution in [2.24, 2.45) is 0 Å². The Balaban J connectivity index is 2.63. The second-order valence-corrected chi connectivity index (χ2v) is 5.49. The third-order valence-corrected chi connectivity index (χ3v) is 3.22. The minimum atomic E-state index is -0.538. The zero-order valence-electron chi connectivity index (χ0n) is 11.2. The fraction of sp³-hybridized carbons (Fsp3) is 0.500. The lowest BCUT2D eigenvalue weighted by Gasteiger charge is -2.42. The van der Waals surface area contributed by atoms with Crippen LogP contribution in [0.4, 0.5) is 11.4 Å². The van der Waals surface area contributed by atoms with Gasteiger partial charge in [0.1, 0.15) is 5.54 Å². The molecule has 0 unspecified atom stereocenters. The highest BCUT2D eigenvalue weighted by Crippen LogP contribution is 2.38. The van der Waals surface area contributed by atoms with E-state index in [0.29, 0.717) is 0 Å². The van der Waals surface area contributed by atoms with Gasteiger partial charge in [-0.2, -0.15) is 0 Å². The number of rotatable bonds is 1. The van der Waals surface area contributed by atoms with Gasteiger partial charge in [0.05, 0.1) is 11.4 Å². The smallest absolute Gasteiger partial charge is 0.252 e. The lowest BCUT2D eigenvalue weighted by molar-refractivity contribution is -0.122. The summed E-state index contributed by atoms with van der Waals surface area (Å²) in [4.78, 5) is 14.3. The molecule has 0 aromatic heterocycles. The third kappa shape index (κ3) is 1.79. The largest absolute Gasteiger partial charge is 0.370 e. The monoisotopic (exact) mass is 232 g/mol. The summed E-state index contributed by atoms with van der Waals surface area (Å²) in [5.74, 6) is 0.130. The second kappa shape index (κ2) is 3.76. The van der Waals surface area contributed by atoms with Gasteiger partial charge in [-0.1, -0.05) is 12.1 Å². The summed E-state index contributed by atoms with van der Waals surface area (Å²) < 4.78 is 0. The molecule has 0 radical (unpaired) electrons. The van der Waals surface area contributed by atoms with Gasteiger partial charge in [0.25, 0.3) is 5.91 Å². The maximum Gasteiger partial charge on any atom is 0.252 e. The Labute approximate surface area is 103 Å². The van der Waals surface area contributed by atoms with Crippen LogP contribution in [0, 0.1) is 6.92 Å². The Kier molecular flexibility index (Phi) is 2.64. The number of hydrogen-bond donors (Lipinski definition) is 1. The summed E-state index contributed by atoms with van der Waals surface area (Å²) in [5, 5.41) is 3.35. The summed E-state index contributed by atoms with van der Waals surface area (Å²) in [7, 11) is 0. The molecule has 1 aliphatic heterocycles. The van der Waals surface area contributed by atoms with E-state index in [1.165, 1.54) is 5.56 Å². The number of nitrogens with one attached hydrogen (secondary N) is 1. The Hall–Kier alpha value is -1.51. The highest BCUT2D eigenvalue weighted by atomic mass is 16.2. The van der Waals surface area contributed by atoms with Gasteiger partial charge < -0.3 is 10.2 Å². The van der Waals surface area contributed by atoms with E-state index < -0.39 is 5.54 Å². The van der Waals surface area contributed by atoms with E-state index in [9.17, 15) is 4.79 Å². The van der Waals surface area contributed by atoms with E-state index in [-0.39, 0.29) is 11.9 Å². The zero-order valence-corrected chi connectivity index (χ0v) is 11.2. The van der Waals surface area contributed by atoms with Crippen molar-refractivity contribution in [3.05, 3.63) is 23.8 Å². The molecule has 1 N–H and O–H groups in total. The minimum Gasteiger partial charge on any atom is -0.370 e. The molecule has 0 bridgehead atoms. The van der Waals surface area contributed by atoms with Crippen LogP contribution in [0.1, 0.15) is 33.3 Å². The zero-order chi connectivity index (χ0) is 12.8. The molecule has 0 aliphatic carbocycles. The molecule has 3 heteroatoms. The summed E-state index contributed by atoms with van der Waals surface area (Å²) in [5.41, 5.74) is 2.70. The number of nitrogens with zero attached hydrogens (tertiary/aromatic N) is 1. The predicted octanol–water partition coefficient (Wildman–Crippen LogP) is 2.94. The van der Waals surface area contributed by atoms with Crippen LogP contribution in [0.25, 0.3) is 0 Å². The van der Waals surface area contributed by atoms with Crippen molar-refractivity contribution < 1.29 is 4.79 Å². The van der Waals surface area contributed by atoms with Crippen LogP contribution < -0.4 is 10.2 Å². The maximum absolute atomic E-state index is 12.4. The Morgan fingerprint density at radius 2 is 1.94 bits per heavy atom. The van der Waals surface area contributed by atoms with Gasteiger partial charge in [-0.25, -0.2) is 0 Å². The van der Waals surface area contributed by atoms with E-state index >= 15 is 0 Å². The molecule has 0 atom stereocenters. The lowest BCUT2D eigenvalue weighted by Crippen LogP contribution is -2.56. The molecule has 3 nitrogen and oxygen atoms in total. The quantitative estimate of drug-likeness (QED) is 0.807. The number of para-hydroxylation sites is 1. The second-order valence-electron chi connectivity index (χ2n) is 5.49. The van der Waals surface area contributed by atoms with Crippen LogP contribution in [0.15, 0.2) is 18.2 Å². The topological polar surface area (TPSA) is 32.3 Å². The van der Waals surface area contributed by atoms with E-state index in [4.69, 9.17) is 0 Å². The first-order chi connectivity index (χ1) is 7.84. The molecule has 1 aromatic rings. The Morgan fingerprint density at radius 3 is 2.53 bits per heavy atom. The molecule has 0 spiro atoms. The highest BCUT2D eigenvalue weighted by molar-refractivity contribution is 6.08. The molecule has 1 aromatic carbocycles. The van der Waals surface area contributed by atoms with Crippen LogP contribution >= 0.6 is 0 Å². The van der Waals surface area contributed by atoms with Crippen molar-refractivity contribution in [1.82, 2.24) is 0 Å².